The molecule has 13 heteroatoms. The van der Waals surface area contributed by atoms with E-state index in [9.17, 15) is 24.0 Å². The zero-order valence-corrected chi connectivity index (χ0v) is 33.7. The molecule has 2 heterocycles. The molecule has 12 nitrogen and oxygen atoms in total. The lowest BCUT2D eigenvalue weighted by Crippen LogP contribution is -2.48. The first-order valence-corrected chi connectivity index (χ1v) is 19.9. The van der Waals surface area contributed by atoms with Crippen LogP contribution in [0.1, 0.15) is 57.2 Å². The smallest absolute Gasteiger partial charge is 0.408 e. The van der Waals surface area contributed by atoms with Gasteiger partial charge in [-0.15, -0.1) is 0 Å². The van der Waals surface area contributed by atoms with Crippen LogP contribution in [0.15, 0.2) is 112 Å². The van der Waals surface area contributed by atoms with E-state index < -0.39 is 24.1 Å². The molecule has 1 aliphatic heterocycles. The Morgan fingerprint density at radius 3 is 2.26 bits per heavy atom. The Morgan fingerprint density at radius 1 is 0.895 bits per heavy atom. The number of hydrogen-bond donors (Lipinski definition) is 3. The largest absolute Gasteiger partial charge is 0.455 e. The van der Waals surface area contributed by atoms with Crippen molar-refractivity contribution in [3.63, 3.8) is 0 Å². The van der Waals surface area contributed by atoms with Gasteiger partial charge in [0.1, 0.15) is 23.4 Å². The van der Waals surface area contributed by atoms with Gasteiger partial charge in [-0.1, -0.05) is 67.6 Å². The fourth-order valence-electron chi connectivity index (χ4n) is 6.85. The monoisotopic (exact) mass is 835 g/mol. The molecule has 0 saturated carbocycles. The summed E-state index contributed by atoms with van der Waals surface area (Å²) in [5, 5.41) is 9.29. The average molecular weight is 837 g/mol. The normalized spacial score (nSPS) is 14.3. The molecule has 6 rings (SSSR count). The Balaban J connectivity index is 1.10. The van der Waals surface area contributed by atoms with Crippen molar-refractivity contribution in [1.82, 2.24) is 15.1 Å². The SMILES string of the molecule is CCCN(CC(=O)Nc1ccc(-c2oc3ccc(NC(=O)[C@@H]4CCCN4C(=O)[C@H](NC(=O)OC(C)C)c4ccccc4)cc3c2Br)cc1)C(=O)Cc1ccccc1. The zero-order valence-electron chi connectivity index (χ0n) is 32.1. The first-order valence-electron chi connectivity index (χ1n) is 19.1. The predicted octanol–water partition coefficient (Wildman–Crippen LogP) is 8.09. The Bertz CT molecular complexity index is 2210. The summed E-state index contributed by atoms with van der Waals surface area (Å²) in [6.07, 6.45) is 0.976. The van der Waals surface area contributed by atoms with Crippen LogP contribution in [0.3, 0.4) is 0 Å². The first kappa shape index (κ1) is 40.7. The molecule has 0 spiro atoms. The van der Waals surface area contributed by atoms with Crippen LogP contribution in [0.4, 0.5) is 16.2 Å². The number of carbonyl (C=O) groups excluding carboxylic acids is 5. The van der Waals surface area contributed by atoms with Gasteiger partial charge < -0.3 is 34.9 Å². The van der Waals surface area contributed by atoms with E-state index in [0.717, 1.165) is 22.9 Å². The van der Waals surface area contributed by atoms with Crippen LogP contribution in [0.2, 0.25) is 0 Å². The van der Waals surface area contributed by atoms with E-state index >= 15 is 0 Å². The van der Waals surface area contributed by atoms with Gasteiger partial charge in [-0.05, 0) is 103 Å². The Morgan fingerprint density at radius 2 is 1.58 bits per heavy atom. The molecule has 3 N–H and O–H groups in total. The number of fused-ring (bicyclic) bond motifs is 1. The van der Waals surface area contributed by atoms with E-state index in [1.54, 1.807) is 73.3 Å². The number of carbonyl (C=O) groups is 5. The summed E-state index contributed by atoms with van der Waals surface area (Å²) in [5.74, 6) is -0.562. The van der Waals surface area contributed by atoms with E-state index in [1.165, 1.54) is 4.90 Å². The van der Waals surface area contributed by atoms with E-state index in [-0.39, 0.29) is 36.8 Å². The lowest BCUT2D eigenvalue weighted by molar-refractivity contribution is -0.138. The third kappa shape index (κ3) is 10.3. The summed E-state index contributed by atoms with van der Waals surface area (Å²) < 4.78 is 12.1. The highest BCUT2D eigenvalue weighted by molar-refractivity contribution is 9.10. The van der Waals surface area contributed by atoms with Crippen molar-refractivity contribution in [3.05, 3.63) is 119 Å². The fraction of sp³-hybridized carbons (Fsp3) is 0.295. The third-order valence-corrected chi connectivity index (χ3v) is 10.3. The molecule has 2 atom stereocenters. The van der Waals surface area contributed by atoms with Gasteiger partial charge in [0.15, 0.2) is 0 Å². The van der Waals surface area contributed by atoms with Crippen molar-refractivity contribution in [3.8, 4) is 11.3 Å². The Hall–Kier alpha value is -5.95. The molecule has 0 aliphatic carbocycles. The number of alkyl carbamates (subject to hydrolysis) is 1. The molecule has 296 valence electrons. The number of likely N-dealkylation sites (tertiary alicyclic amines) is 1. The minimum absolute atomic E-state index is 0.0510. The topological polar surface area (TPSA) is 150 Å². The number of furan rings is 1. The van der Waals surface area contributed by atoms with Gasteiger partial charge in [0.25, 0.3) is 5.91 Å². The summed E-state index contributed by atoms with van der Waals surface area (Å²) in [4.78, 5) is 69.3. The zero-order chi connectivity index (χ0) is 40.5. The molecular weight excluding hydrogens is 790 g/mol. The van der Waals surface area contributed by atoms with Crippen molar-refractivity contribution < 1.29 is 33.1 Å². The molecule has 5 amide bonds. The first-order chi connectivity index (χ1) is 27.5. The molecule has 0 unspecified atom stereocenters. The van der Waals surface area contributed by atoms with Gasteiger partial charge in [0.05, 0.1) is 23.5 Å². The van der Waals surface area contributed by atoms with Crippen molar-refractivity contribution in [1.29, 1.82) is 0 Å². The summed E-state index contributed by atoms with van der Waals surface area (Å²) in [7, 11) is 0. The van der Waals surface area contributed by atoms with Crippen molar-refractivity contribution in [2.45, 2.75) is 64.6 Å². The van der Waals surface area contributed by atoms with Gasteiger partial charge in [0.2, 0.25) is 17.7 Å². The maximum absolute atomic E-state index is 13.9. The van der Waals surface area contributed by atoms with Crippen LogP contribution in [0.25, 0.3) is 22.3 Å². The highest BCUT2D eigenvalue weighted by atomic mass is 79.9. The number of nitrogens with zero attached hydrogens (tertiary/aromatic N) is 2. The lowest BCUT2D eigenvalue weighted by atomic mass is 10.0. The van der Waals surface area contributed by atoms with Gasteiger partial charge in [-0.3, -0.25) is 19.2 Å². The Kier molecular flexibility index (Phi) is 13.4. The highest BCUT2D eigenvalue weighted by Crippen LogP contribution is 2.39. The molecular formula is C44H46BrN5O7. The summed E-state index contributed by atoms with van der Waals surface area (Å²) in [6, 6.07) is 29.1. The molecule has 1 aliphatic rings. The maximum atomic E-state index is 13.9. The van der Waals surface area contributed by atoms with Gasteiger partial charge >= 0.3 is 6.09 Å². The van der Waals surface area contributed by atoms with Gasteiger partial charge in [0, 0.05) is 35.4 Å². The van der Waals surface area contributed by atoms with E-state index in [0.29, 0.717) is 58.7 Å². The maximum Gasteiger partial charge on any atom is 0.408 e. The third-order valence-electron chi connectivity index (χ3n) is 9.53. The number of halogens is 1. The minimum atomic E-state index is -1.02. The number of rotatable bonds is 14. The number of ether oxygens (including phenoxy) is 1. The van der Waals surface area contributed by atoms with Crippen molar-refractivity contribution in [2.24, 2.45) is 0 Å². The van der Waals surface area contributed by atoms with Crippen LogP contribution in [0, 0.1) is 0 Å². The fourth-order valence-corrected chi connectivity index (χ4v) is 7.47. The van der Waals surface area contributed by atoms with Gasteiger partial charge in [-0.25, -0.2) is 4.79 Å². The number of benzene rings is 4. The van der Waals surface area contributed by atoms with Crippen molar-refractivity contribution in [2.75, 3.05) is 30.3 Å². The molecule has 1 aromatic heterocycles. The van der Waals surface area contributed by atoms with Crippen LogP contribution in [-0.2, 0) is 30.3 Å². The molecule has 57 heavy (non-hydrogen) atoms. The van der Waals surface area contributed by atoms with E-state index in [4.69, 9.17) is 9.15 Å². The van der Waals surface area contributed by atoms with Crippen LogP contribution in [-0.4, -0.2) is 71.3 Å². The van der Waals surface area contributed by atoms with Crippen molar-refractivity contribution >= 4 is 68.0 Å². The second-order valence-corrected chi connectivity index (χ2v) is 15.0. The average Bonchev–Trinajstić information content (AvgIpc) is 3.82. The molecule has 0 bridgehead atoms. The number of nitrogens with one attached hydrogen (secondary N) is 3. The van der Waals surface area contributed by atoms with Crippen LogP contribution in [0.5, 0.6) is 0 Å². The minimum Gasteiger partial charge on any atom is -0.455 e. The molecule has 1 saturated heterocycles. The highest BCUT2D eigenvalue weighted by Gasteiger charge is 2.38. The molecule has 1 fully saturated rings. The van der Waals surface area contributed by atoms with Crippen LogP contribution < -0.4 is 16.0 Å². The second-order valence-electron chi connectivity index (χ2n) is 14.2. The Labute approximate surface area is 340 Å². The standard InChI is InChI=1S/C44H46BrN5O7/c1-4-23-49(38(52)25-29-12-7-5-8-13-29)27-37(51)46-32-19-17-31(18-20-32)41-39(45)34-26-33(21-22-36(34)57-41)47-42(53)35-16-11-24-50(35)43(54)40(30-14-9-6-10-15-30)48-44(55)56-28(2)3/h5-10,12-15,17-22,26,28,35,40H,4,11,16,23-25,27H2,1-3H3,(H,46,51)(H,47,53)(H,48,55)/t35-,40+/m0/s1. The van der Waals surface area contributed by atoms with E-state index in [1.807, 2.05) is 55.5 Å². The molecule has 5 aromatic rings. The summed E-state index contributed by atoms with van der Waals surface area (Å²) in [6.45, 7) is 6.22. The summed E-state index contributed by atoms with van der Waals surface area (Å²) >= 11 is 3.68. The molecule has 4 aromatic carbocycles. The summed E-state index contributed by atoms with van der Waals surface area (Å²) in [5.41, 5.74) is 3.93. The second kappa shape index (κ2) is 18.8. The van der Waals surface area contributed by atoms with Gasteiger partial charge in [-0.2, -0.15) is 0 Å². The molecule has 0 radical (unpaired) electrons. The number of anilines is 2. The number of amides is 5. The quantitative estimate of drug-likeness (QED) is 0.102. The number of hydrogen-bond acceptors (Lipinski definition) is 7. The predicted molar refractivity (Wildman–Crippen MR) is 222 cm³/mol. The lowest BCUT2D eigenvalue weighted by Gasteiger charge is -2.29. The van der Waals surface area contributed by atoms with E-state index in [2.05, 4.69) is 31.9 Å². The van der Waals surface area contributed by atoms with Crippen LogP contribution >= 0.6 is 15.9 Å².